The number of carbonyl (C=O) groups excluding carboxylic acids is 1. The van der Waals surface area contributed by atoms with Gasteiger partial charge in [0.25, 0.3) is 5.91 Å². The molecule has 0 aromatic carbocycles. The zero-order chi connectivity index (χ0) is 13.7. The number of hydrogen-bond donors (Lipinski definition) is 0. The predicted octanol–water partition coefficient (Wildman–Crippen LogP) is 2.45. The van der Waals surface area contributed by atoms with Crippen LogP contribution in [0.5, 0.6) is 5.88 Å². The molecule has 1 aliphatic heterocycles. The van der Waals surface area contributed by atoms with Gasteiger partial charge in [0, 0.05) is 36.7 Å². The van der Waals surface area contributed by atoms with Crippen LogP contribution in [0, 0.1) is 0 Å². The third-order valence-electron chi connectivity index (χ3n) is 3.21. The largest absolute Gasteiger partial charge is 0.473 e. The highest BCUT2D eigenvalue weighted by Gasteiger charge is 2.19. The first kappa shape index (κ1) is 14.2. The molecule has 0 N–H and O–H groups in total. The van der Waals surface area contributed by atoms with Crippen LogP contribution in [-0.2, 0) is 0 Å². The van der Waals surface area contributed by atoms with Crippen LogP contribution in [0.3, 0.4) is 0 Å². The Morgan fingerprint density at radius 3 is 2.95 bits per heavy atom. The minimum absolute atomic E-state index is 0.0399. The maximum atomic E-state index is 12.2. The maximum absolute atomic E-state index is 12.2. The number of thioether (sulfide) groups is 1. The van der Waals surface area contributed by atoms with E-state index in [0.29, 0.717) is 24.5 Å². The zero-order valence-corrected chi connectivity index (χ0v) is 12.3. The minimum Gasteiger partial charge on any atom is -0.473 e. The molecule has 0 aliphatic carbocycles. The van der Waals surface area contributed by atoms with Crippen LogP contribution in [0.1, 0.15) is 30.6 Å². The van der Waals surface area contributed by atoms with Gasteiger partial charge in [-0.15, -0.1) is 0 Å². The van der Waals surface area contributed by atoms with Crippen molar-refractivity contribution in [1.29, 1.82) is 0 Å². The smallest absolute Gasteiger partial charge is 0.254 e. The van der Waals surface area contributed by atoms with E-state index in [1.807, 2.05) is 25.6 Å². The summed E-state index contributed by atoms with van der Waals surface area (Å²) in [4.78, 5) is 18.2. The SMILES string of the molecule is CCN(CC)C(=O)c1ccnc(OC2CCSC2)c1. The molecule has 1 fully saturated rings. The first-order valence-electron chi connectivity index (χ1n) is 6.74. The number of amides is 1. The topological polar surface area (TPSA) is 42.4 Å². The molecule has 1 amide bonds. The lowest BCUT2D eigenvalue weighted by Gasteiger charge is -2.19. The van der Waals surface area contributed by atoms with Gasteiger partial charge in [-0.05, 0) is 32.1 Å². The molecule has 1 aromatic heterocycles. The standard InChI is InChI=1S/C14H20N2O2S/c1-3-16(4-2)14(17)11-5-7-15-13(9-11)18-12-6-8-19-10-12/h5,7,9,12H,3-4,6,8,10H2,1-2H3. The molecule has 1 aliphatic rings. The number of pyridine rings is 1. The Morgan fingerprint density at radius 2 is 2.32 bits per heavy atom. The Bertz CT molecular complexity index is 429. The fraction of sp³-hybridized carbons (Fsp3) is 0.571. The zero-order valence-electron chi connectivity index (χ0n) is 11.5. The van der Waals surface area contributed by atoms with Crippen molar-refractivity contribution in [2.45, 2.75) is 26.4 Å². The summed E-state index contributed by atoms with van der Waals surface area (Å²) in [5, 5.41) is 0. The van der Waals surface area contributed by atoms with Gasteiger partial charge < -0.3 is 9.64 Å². The van der Waals surface area contributed by atoms with Crippen molar-refractivity contribution >= 4 is 17.7 Å². The van der Waals surface area contributed by atoms with E-state index in [1.54, 1.807) is 23.2 Å². The summed E-state index contributed by atoms with van der Waals surface area (Å²) >= 11 is 1.90. The number of aromatic nitrogens is 1. The molecule has 19 heavy (non-hydrogen) atoms. The second-order valence-electron chi connectivity index (χ2n) is 4.46. The second-order valence-corrected chi connectivity index (χ2v) is 5.61. The van der Waals surface area contributed by atoms with Crippen LogP contribution in [0.25, 0.3) is 0 Å². The van der Waals surface area contributed by atoms with Crippen LogP contribution in [0.2, 0.25) is 0 Å². The Balaban J connectivity index is 2.07. The van der Waals surface area contributed by atoms with E-state index in [4.69, 9.17) is 4.74 Å². The highest BCUT2D eigenvalue weighted by Crippen LogP contribution is 2.22. The van der Waals surface area contributed by atoms with Gasteiger partial charge >= 0.3 is 0 Å². The predicted molar refractivity (Wildman–Crippen MR) is 77.8 cm³/mol. The third-order valence-corrected chi connectivity index (χ3v) is 4.34. The maximum Gasteiger partial charge on any atom is 0.254 e. The van der Waals surface area contributed by atoms with Crippen molar-refractivity contribution < 1.29 is 9.53 Å². The van der Waals surface area contributed by atoms with E-state index in [0.717, 1.165) is 17.9 Å². The number of carbonyl (C=O) groups is 1. The summed E-state index contributed by atoms with van der Waals surface area (Å²) in [6.45, 7) is 5.39. The molecule has 0 radical (unpaired) electrons. The van der Waals surface area contributed by atoms with Crippen LogP contribution >= 0.6 is 11.8 Å². The summed E-state index contributed by atoms with van der Waals surface area (Å²) in [6.07, 6.45) is 2.94. The summed E-state index contributed by atoms with van der Waals surface area (Å²) in [7, 11) is 0. The molecule has 104 valence electrons. The summed E-state index contributed by atoms with van der Waals surface area (Å²) in [6, 6.07) is 3.50. The highest BCUT2D eigenvalue weighted by atomic mass is 32.2. The van der Waals surface area contributed by atoms with Crippen molar-refractivity contribution in [2.75, 3.05) is 24.6 Å². The Labute approximate surface area is 118 Å². The molecule has 1 atom stereocenters. The van der Waals surface area contributed by atoms with Crippen molar-refractivity contribution in [1.82, 2.24) is 9.88 Å². The van der Waals surface area contributed by atoms with Gasteiger partial charge in [0.05, 0.1) is 0 Å². The molecule has 2 heterocycles. The molecular weight excluding hydrogens is 260 g/mol. The fourth-order valence-electron chi connectivity index (χ4n) is 2.08. The monoisotopic (exact) mass is 280 g/mol. The van der Waals surface area contributed by atoms with E-state index in [1.165, 1.54) is 0 Å². The average Bonchev–Trinajstić information content (AvgIpc) is 2.93. The molecule has 5 heteroatoms. The lowest BCUT2D eigenvalue weighted by molar-refractivity contribution is 0.0772. The summed E-state index contributed by atoms with van der Waals surface area (Å²) in [5.41, 5.74) is 0.652. The van der Waals surface area contributed by atoms with Crippen molar-refractivity contribution in [3.63, 3.8) is 0 Å². The Hall–Kier alpha value is -1.23. The van der Waals surface area contributed by atoms with Crippen LogP contribution < -0.4 is 4.74 Å². The number of rotatable bonds is 5. The van der Waals surface area contributed by atoms with E-state index in [-0.39, 0.29) is 12.0 Å². The molecule has 1 saturated heterocycles. The molecule has 2 rings (SSSR count). The molecule has 0 saturated carbocycles. The Morgan fingerprint density at radius 1 is 1.53 bits per heavy atom. The number of ether oxygens (including phenoxy) is 1. The van der Waals surface area contributed by atoms with Gasteiger partial charge in [0.15, 0.2) is 0 Å². The van der Waals surface area contributed by atoms with Crippen molar-refractivity contribution in [3.8, 4) is 5.88 Å². The lowest BCUT2D eigenvalue weighted by Crippen LogP contribution is -2.30. The van der Waals surface area contributed by atoms with Gasteiger partial charge in [-0.1, -0.05) is 0 Å². The van der Waals surface area contributed by atoms with Gasteiger partial charge in [-0.25, -0.2) is 4.98 Å². The fourth-order valence-corrected chi connectivity index (χ4v) is 3.17. The Kier molecular flexibility index (Phi) is 5.07. The number of nitrogens with zero attached hydrogens (tertiary/aromatic N) is 2. The first-order chi connectivity index (χ1) is 9.24. The second kappa shape index (κ2) is 6.80. The van der Waals surface area contributed by atoms with Gasteiger partial charge in [0.1, 0.15) is 6.10 Å². The molecule has 1 unspecified atom stereocenters. The first-order valence-corrected chi connectivity index (χ1v) is 7.89. The molecular formula is C14H20N2O2S. The van der Waals surface area contributed by atoms with Crippen molar-refractivity contribution in [3.05, 3.63) is 23.9 Å². The minimum atomic E-state index is 0.0399. The van der Waals surface area contributed by atoms with E-state index in [2.05, 4.69) is 4.98 Å². The van der Waals surface area contributed by atoms with Gasteiger partial charge in [0.2, 0.25) is 5.88 Å². The van der Waals surface area contributed by atoms with Crippen molar-refractivity contribution in [2.24, 2.45) is 0 Å². The van der Waals surface area contributed by atoms with Crippen LogP contribution in [0.4, 0.5) is 0 Å². The van der Waals surface area contributed by atoms with E-state index >= 15 is 0 Å². The molecule has 0 bridgehead atoms. The van der Waals surface area contributed by atoms with Gasteiger partial charge in [-0.2, -0.15) is 11.8 Å². The van der Waals surface area contributed by atoms with Crippen LogP contribution in [-0.4, -0.2) is 46.5 Å². The van der Waals surface area contributed by atoms with Gasteiger partial charge in [-0.3, -0.25) is 4.79 Å². The van der Waals surface area contributed by atoms with E-state index < -0.39 is 0 Å². The highest BCUT2D eigenvalue weighted by molar-refractivity contribution is 7.99. The van der Waals surface area contributed by atoms with E-state index in [9.17, 15) is 4.79 Å². The third kappa shape index (κ3) is 3.62. The van der Waals surface area contributed by atoms with Crippen LogP contribution in [0.15, 0.2) is 18.3 Å². The lowest BCUT2D eigenvalue weighted by atomic mass is 10.2. The molecule has 0 spiro atoms. The number of hydrogen-bond acceptors (Lipinski definition) is 4. The quantitative estimate of drug-likeness (QED) is 0.831. The summed E-state index contributed by atoms with van der Waals surface area (Å²) in [5.74, 6) is 2.75. The molecule has 4 nitrogen and oxygen atoms in total. The summed E-state index contributed by atoms with van der Waals surface area (Å²) < 4.78 is 5.81. The average molecular weight is 280 g/mol. The normalized spacial score (nSPS) is 18.3. The molecule has 1 aromatic rings.